The van der Waals surface area contributed by atoms with Crippen molar-refractivity contribution < 1.29 is 0 Å². The highest BCUT2D eigenvalue weighted by Gasteiger charge is 2.30. The number of benzene rings is 1. The molecule has 0 bridgehead atoms. The highest BCUT2D eigenvalue weighted by Crippen LogP contribution is 2.31. The van der Waals surface area contributed by atoms with Crippen molar-refractivity contribution in [1.29, 1.82) is 0 Å². The summed E-state index contributed by atoms with van der Waals surface area (Å²) in [5.41, 5.74) is 3.39. The number of likely N-dealkylation sites (tertiary alicyclic amines) is 1. The first-order valence-electron chi connectivity index (χ1n) is 5.94. The number of rotatable bonds is 1. The standard InChI is InChI=1S/C12H17N4/c1-16(8-3-2-4-9-16)11-7-5-6-10-12(11)14-15-13-10/h5-7H,2-4,8-9H2,1H3,(H,13,14,15)/q+1. The van der Waals surface area contributed by atoms with Gasteiger partial charge in [-0.05, 0) is 25.3 Å². The quantitative estimate of drug-likeness (QED) is 0.743. The van der Waals surface area contributed by atoms with E-state index in [9.17, 15) is 0 Å². The van der Waals surface area contributed by atoms with Crippen LogP contribution in [0.2, 0.25) is 0 Å². The molecule has 1 aliphatic rings. The lowest BCUT2D eigenvalue weighted by molar-refractivity contribution is 0.276. The number of hydrogen-bond acceptors (Lipinski definition) is 2. The molecule has 0 spiro atoms. The van der Waals surface area contributed by atoms with Gasteiger partial charge in [0.05, 0.1) is 25.7 Å². The Hall–Kier alpha value is -1.42. The normalized spacial score (nSPS) is 20.1. The van der Waals surface area contributed by atoms with Crippen LogP contribution in [0.3, 0.4) is 0 Å². The molecule has 1 saturated heterocycles. The number of fused-ring (bicyclic) bond motifs is 1. The van der Waals surface area contributed by atoms with Gasteiger partial charge < -0.3 is 0 Å². The monoisotopic (exact) mass is 217 g/mol. The molecule has 0 amide bonds. The van der Waals surface area contributed by atoms with Crippen LogP contribution < -0.4 is 4.48 Å². The summed E-state index contributed by atoms with van der Waals surface area (Å²) in [6.45, 7) is 2.43. The van der Waals surface area contributed by atoms with Gasteiger partial charge in [-0.1, -0.05) is 11.3 Å². The van der Waals surface area contributed by atoms with Crippen molar-refractivity contribution in [3.05, 3.63) is 18.2 Å². The molecule has 0 atom stereocenters. The lowest BCUT2D eigenvalue weighted by Crippen LogP contribution is -2.49. The molecule has 1 aromatic carbocycles. The van der Waals surface area contributed by atoms with Crippen LogP contribution >= 0.6 is 0 Å². The highest BCUT2D eigenvalue weighted by molar-refractivity contribution is 5.86. The molecule has 2 aromatic rings. The maximum Gasteiger partial charge on any atom is 0.173 e. The van der Waals surface area contributed by atoms with Crippen molar-refractivity contribution in [3.8, 4) is 0 Å². The Kier molecular flexibility index (Phi) is 2.17. The van der Waals surface area contributed by atoms with Gasteiger partial charge in [0.2, 0.25) is 0 Å². The first-order chi connectivity index (χ1) is 7.80. The van der Waals surface area contributed by atoms with E-state index >= 15 is 0 Å². The summed E-state index contributed by atoms with van der Waals surface area (Å²) in [4.78, 5) is 0. The Morgan fingerprint density at radius 1 is 1.19 bits per heavy atom. The van der Waals surface area contributed by atoms with Crippen molar-refractivity contribution in [2.75, 3.05) is 20.1 Å². The summed E-state index contributed by atoms with van der Waals surface area (Å²) >= 11 is 0. The van der Waals surface area contributed by atoms with Crippen LogP contribution in [0.25, 0.3) is 11.0 Å². The summed E-state index contributed by atoms with van der Waals surface area (Å²) in [6, 6.07) is 6.32. The molecule has 1 aliphatic heterocycles. The first kappa shape index (κ1) is 9.78. The molecule has 2 heterocycles. The van der Waals surface area contributed by atoms with Gasteiger partial charge in [-0.3, -0.25) is 9.58 Å². The Balaban J connectivity index is 2.13. The predicted molar refractivity (Wildman–Crippen MR) is 65.2 cm³/mol. The molecular weight excluding hydrogens is 200 g/mol. The second-order valence-electron chi connectivity index (χ2n) is 4.89. The van der Waals surface area contributed by atoms with E-state index in [0.29, 0.717) is 0 Å². The maximum atomic E-state index is 4.22. The largest absolute Gasteiger partial charge is 0.292 e. The third-order valence-electron chi connectivity index (χ3n) is 3.72. The zero-order valence-corrected chi connectivity index (χ0v) is 9.61. The van der Waals surface area contributed by atoms with Crippen LogP contribution in [0.1, 0.15) is 19.3 Å². The molecule has 0 aliphatic carbocycles. The molecular formula is C12H17N4+. The molecule has 0 radical (unpaired) electrons. The minimum absolute atomic E-state index is 1.00. The van der Waals surface area contributed by atoms with Gasteiger partial charge in [-0.25, -0.2) is 0 Å². The van der Waals surface area contributed by atoms with Crippen molar-refractivity contribution in [3.63, 3.8) is 0 Å². The fraction of sp³-hybridized carbons (Fsp3) is 0.500. The van der Waals surface area contributed by atoms with Gasteiger partial charge in [0.1, 0.15) is 0 Å². The van der Waals surface area contributed by atoms with E-state index in [1.165, 1.54) is 38.0 Å². The number of piperidine rings is 1. The van der Waals surface area contributed by atoms with Crippen LogP contribution in [-0.4, -0.2) is 35.5 Å². The van der Waals surface area contributed by atoms with Gasteiger partial charge in [0.25, 0.3) is 0 Å². The number of aromatic amines is 1. The topological polar surface area (TPSA) is 41.6 Å². The molecule has 1 N–H and O–H groups in total. The molecule has 1 aromatic heterocycles. The number of hydrogen-bond donors (Lipinski definition) is 1. The van der Waals surface area contributed by atoms with E-state index < -0.39 is 0 Å². The second kappa shape index (κ2) is 3.56. The fourth-order valence-corrected chi connectivity index (χ4v) is 2.74. The summed E-state index contributed by atoms with van der Waals surface area (Å²) in [6.07, 6.45) is 3.98. The number of H-pyrrole nitrogens is 1. The van der Waals surface area contributed by atoms with E-state index in [4.69, 9.17) is 0 Å². The summed E-state index contributed by atoms with van der Waals surface area (Å²) in [5, 5.41) is 11.1. The predicted octanol–water partition coefficient (Wildman–Crippen LogP) is 2.08. The van der Waals surface area contributed by atoms with Gasteiger partial charge in [0, 0.05) is 6.07 Å². The Labute approximate surface area is 94.9 Å². The zero-order chi connectivity index (χ0) is 11.0. The van der Waals surface area contributed by atoms with E-state index in [0.717, 1.165) is 15.5 Å². The van der Waals surface area contributed by atoms with Gasteiger partial charge >= 0.3 is 0 Å². The Bertz CT molecular complexity index is 496. The van der Waals surface area contributed by atoms with E-state index in [2.05, 4.69) is 34.6 Å². The molecule has 4 heteroatoms. The van der Waals surface area contributed by atoms with Crippen molar-refractivity contribution >= 4 is 16.7 Å². The SMILES string of the molecule is C[N+]1(c2cccc3[nH]nnc23)CCCCC1. The van der Waals surface area contributed by atoms with Crippen molar-refractivity contribution in [2.45, 2.75) is 19.3 Å². The van der Waals surface area contributed by atoms with Crippen molar-refractivity contribution in [1.82, 2.24) is 19.9 Å². The number of quaternary nitrogens is 1. The minimum atomic E-state index is 1.00. The Morgan fingerprint density at radius 3 is 2.81 bits per heavy atom. The lowest BCUT2D eigenvalue weighted by Gasteiger charge is -2.37. The van der Waals surface area contributed by atoms with Crippen molar-refractivity contribution in [2.24, 2.45) is 0 Å². The number of nitrogens with zero attached hydrogens (tertiary/aromatic N) is 3. The second-order valence-corrected chi connectivity index (χ2v) is 4.89. The molecule has 0 unspecified atom stereocenters. The summed E-state index contributed by atoms with van der Waals surface area (Å²) < 4.78 is 1.00. The maximum absolute atomic E-state index is 4.22. The van der Waals surface area contributed by atoms with Gasteiger partial charge in [-0.2, -0.15) is 0 Å². The lowest BCUT2D eigenvalue weighted by atomic mass is 10.1. The van der Waals surface area contributed by atoms with Crippen LogP contribution in [0.5, 0.6) is 0 Å². The highest BCUT2D eigenvalue weighted by atomic mass is 15.4. The molecule has 4 nitrogen and oxygen atoms in total. The molecule has 84 valence electrons. The number of aromatic nitrogens is 3. The van der Waals surface area contributed by atoms with E-state index in [-0.39, 0.29) is 0 Å². The average Bonchev–Trinajstić information content (AvgIpc) is 2.77. The average molecular weight is 217 g/mol. The Morgan fingerprint density at radius 2 is 2.00 bits per heavy atom. The molecule has 3 rings (SSSR count). The van der Waals surface area contributed by atoms with E-state index in [1.54, 1.807) is 0 Å². The summed E-state index contributed by atoms with van der Waals surface area (Å²) in [7, 11) is 2.31. The molecule has 0 saturated carbocycles. The van der Waals surface area contributed by atoms with Crippen LogP contribution in [-0.2, 0) is 0 Å². The zero-order valence-electron chi connectivity index (χ0n) is 9.61. The fourth-order valence-electron chi connectivity index (χ4n) is 2.74. The van der Waals surface area contributed by atoms with Gasteiger partial charge in [0.15, 0.2) is 11.2 Å². The molecule has 16 heavy (non-hydrogen) atoms. The van der Waals surface area contributed by atoms with Gasteiger partial charge in [-0.15, -0.1) is 5.10 Å². The third kappa shape index (κ3) is 1.41. The van der Waals surface area contributed by atoms with Crippen LogP contribution in [0, 0.1) is 0 Å². The third-order valence-corrected chi connectivity index (χ3v) is 3.72. The summed E-state index contributed by atoms with van der Waals surface area (Å²) in [5.74, 6) is 0. The van der Waals surface area contributed by atoms with Crippen LogP contribution in [0.15, 0.2) is 18.2 Å². The van der Waals surface area contributed by atoms with Crippen LogP contribution in [0.4, 0.5) is 5.69 Å². The smallest absolute Gasteiger partial charge is 0.173 e. The minimum Gasteiger partial charge on any atom is -0.292 e. The molecule has 1 fully saturated rings. The number of nitrogens with one attached hydrogen (secondary N) is 1. The first-order valence-corrected chi connectivity index (χ1v) is 5.94. The van der Waals surface area contributed by atoms with E-state index in [1.807, 2.05) is 6.07 Å².